The van der Waals surface area contributed by atoms with Crippen LogP contribution in [0.5, 0.6) is 5.75 Å². The normalized spacial score (nSPS) is 19.9. The number of nitrogens with two attached hydrogens (primary N) is 1. The van der Waals surface area contributed by atoms with Crippen LogP contribution in [-0.2, 0) is 6.61 Å². The summed E-state index contributed by atoms with van der Waals surface area (Å²) in [5.41, 5.74) is 8.31. The van der Waals surface area contributed by atoms with Crippen LogP contribution in [0, 0.1) is 27.4 Å². The Balaban J connectivity index is 1.33. The highest BCUT2D eigenvalue weighted by Gasteiger charge is 2.38. The fourth-order valence-electron chi connectivity index (χ4n) is 5.17. The second-order valence-electron chi connectivity index (χ2n) is 9.95. The van der Waals surface area contributed by atoms with Gasteiger partial charge in [-0.2, -0.15) is 0 Å². The number of rotatable bonds is 5. The van der Waals surface area contributed by atoms with Crippen LogP contribution in [0.15, 0.2) is 54.7 Å². The molecule has 39 heavy (non-hydrogen) atoms. The van der Waals surface area contributed by atoms with Crippen molar-refractivity contribution >= 4 is 34.0 Å². The van der Waals surface area contributed by atoms with Crippen molar-refractivity contribution in [2.45, 2.75) is 25.9 Å². The number of halogens is 1. The quantitative estimate of drug-likeness (QED) is 0.207. The second-order valence-corrected chi connectivity index (χ2v) is 10.4. The summed E-state index contributed by atoms with van der Waals surface area (Å²) in [4.78, 5) is 27.2. The molecule has 3 aliphatic heterocycles. The molecule has 9 nitrogen and oxygen atoms in total. The van der Waals surface area contributed by atoms with Crippen molar-refractivity contribution in [1.29, 1.82) is 0 Å². The van der Waals surface area contributed by atoms with Crippen LogP contribution in [-0.4, -0.2) is 44.4 Å². The summed E-state index contributed by atoms with van der Waals surface area (Å²) in [6, 6.07) is 13.9. The van der Waals surface area contributed by atoms with E-state index in [2.05, 4.69) is 31.7 Å². The lowest BCUT2D eigenvalue weighted by Gasteiger charge is -2.45. The number of hydrogen-bond donors (Lipinski definition) is 1. The highest BCUT2D eigenvalue weighted by atomic mass is 35.5. The fraction of sp³-hybridized carbons (Fsp3) is 0.276. The topological polar surface area (TPSA) is 120 Å². The predicted octanol–water partition coefficient (Wildman–Crippen LogP) is 5.25. The minimum absolute atomic E-state index is 0.0788. The highest BCUT2D eigenvalue weighted by molar-refractivity contribution is 6.32. The Hall–Kier alpha value is -4.26. The van der Waals surface area contributed by atoms with Gasteiger partial charge in [0.15, 0.2) is 5.82 Å². The number of nitrogens with zero attached hydrogens (tertiary/aromatic N) is 5. The van der Waals surface area contributed by atoms with Gasteiger partial charge in [0.25, 0.3) is 5.69 Å². The van der Waals surface area contributed by atoms with E-state index in [0.29, 0.717) is 38.6 Å². The molecule has 3 aliphatic rings. The summed E-state index contributed by atoms with van der Waals surface area (Å²) in [5, 5.41) is 12.7. The van der Waals surface area contributed by atoms with Gasteiger partial charge in [0.05, 0.1) is 21.2 Å². The molecule has 196 valence electrons. The molecule has 2 N–H and O–H groups in total. The number of nitrogen functional groups attached to an aromatic ring is 1. The van der Waals surface area contributed by atoms with Crippen molar-refractivity contribution in [3.63, 3.8) is 0 Å². The Morgan fingerprint density at radius 1 is 1.10 bits per heavy atom. The Bertz CT molecular complexity index is 1630. The monoisotopic (exact) mass is 540 g/mol. The molecule has 0 atom stereocenters. The number of piperidine rings is 3. The van der Waals surface area contributed by atoms with Gasteiger partial charge in [-0.15, -0.1) is 0 Å². The van der Waals surface area contributed by atoms with Gasteiger partial charge in [-0.1, -0.05) is 29.5 Å². The Morgan fingerprint density at radius 3 is 2.59 bits per heavy atom. The number of benzene rings is 2. The SMILES string of the molecule is Nc1nc(-c2ccc(OCc3ccccn3)c(Cl)c2)nc2cc(C#CC34CCN(CC3)CC4)c([N+](=O)[O-])cc12. The van der Waals surface area contributed by atoms with Gasteiger partial charge in [0.2, 0.25) is 0 Å². The van der Waals surface area contributed by atoms with Gasteiger partial charge in [0, 0.05) is 28.6 Å². The summed E-state index contributed by atoms with van der Waals surface area (Å²) < 4.78 is 5.81. The number of ether oxygens (including phenoxy) is 1. The summed E-state index contributed by atoms with van der Waals surface area (Å²) in [6.45, 7) is 3.35. The highest BCUT2D eigenvalue weighted by Crippen LogP contribution is 2.40. The first-order valence-electron chi connectivity index (χ1n) is 12.7. The summed E-state index contributed by atoms with van der Waals surface area (Å²) in [5.74, 6) is 7.54. The number of nitro groups is 1. The van der Waals surface area contributed by atoms with E-state index in [4.69, 9.17) is 22.1 Å². The molecule has 4 aromatic rings. The third kappa shape index (κ3) is 5.09. The molecule has 0 aliphatic carbocycles. The van der Waals surface area contributed by atoms with Gasteiger partial charge in [-0.25, -0.2) is 9.97 Å². The molecule has 2 aromatic carbocycles. The van der Waals surface area contributed by atoms with E-state index in [-0.39, 0.29) is 23.5 Å². The zero-order valence-corrected chi connectivity index (χ0v) is 21.8. The van der Waals surface area contributed by atoms with Crippen molar-refractivity contribution in [2.24, 2.45) is 5.41 Å². The number of fused-ring (bicyclic) bond motifs is 4. The average Bonchev–Trinajstić information content (AvgIpc) is 2.96. The fourth-order valence-corrected chi connectivity index (χ4v) is 5.41. The van der Waals surface area contributed by atoms with E-state index in [9.17, 15) is 10.1 Å². The largest absolute Gasteiger partial charge is 0.486 e. The van der Waals surface area contributed by atoms with E-state index >= 15 is 0 Å². The first-order valence-corrected chi connectivity index (χ1v) is 13.1. The first-order chi connectivity index (χ1) is 18.9. The van der Waals surface area contributed by atoms with Crippen LogP contribution in [0.4, 0.5) is 11.5 Å². The number of pyridine rings is 1. The molecule has 0 saturated carbocycles. The number of nitro benzene ring substituents is 1. The minimum atomic E-state index is -0.429. The molecular weight excluding hydrogens is 516 g/mol. The van der Waals surface area contributed by atoms with Gasteiger partial charge in [-0.3, -0.25) is 15.1 Å². The lowest BCUT2D eigenvalue weighted by Crippen LogP contribution is -2.47. The molecule has 10 heteroatoms. The maximum Gasteiger partial charge on any atom is 0.285 e. The molecule has 3 fully saturated rings. The molecule has 0 unspecified atom stereocenters. The summed E-state index contributed by atoms with van der Waals surface area (Å²) in [7, 11) is 0. The molecule has 2 bridgehead atoms. The summed E-state index contributed by atoms with van der Waals surface area (Å²) in [6.07, 6.45) is 4.67. The number of hydrogen-bond acceptors (Lipinski definition) is 8. The van der Waals surface area contributed by atoms with Crippen LogP contribution in [0.2, 0.25) is 5.02 Å². The van der Waals surface area contributed by atoms with Crippen molar-refractivity contribution in [3.05, 3.63) is 81.1 Å². The Morgan fingerprint density at radius 2 is 1.90 bits per heavy atom. The third-order valence-electron chi connectivity index (χ3n) is 7.51. The van der Waals surface area contributed by atoms with Gasteiger partial charge in [0.1, 0.15) is 23.7 Å². The molecular formula is C29H25ClN6O3. The third-order valence-corrected chi connectivity index (χ3v) is 7.81. The molecule has 3 saturated heterocycles. The van der Waals surface area contributed by atoms with Crippen LogP contribution in [0.1, 0.15) is 30.5 Å². The smallest absolute Gasteiger partial charge is 0.285 e. The predicted molar refractivity (Wildman–Crippen MR) is 149 cm³/mol. The Labute approximate surface area is 230 Å². The molecule has 0 spiro atoms. The van der Waals surface area contributed by atoms with E-state index < -0.39 is 4.92 Å². The zero-order chi connectivity index (χ0) is 27.0. The molecule has 0 amide bonds. The average molecular weight is 541 g/mol. The van der Waals surface area contributed by atoms with Crippen molar-refractivity contribution in [2.75, 3.05) is 25.4 Å². The molecule has 5 heterocycles. The van der Waals surface area contributed by atoms with Crippen molar-refractivity contribution in [3.8, 4) is 29.0 Å². The molecule has 2 aromatic heterocycles. The minimum Gasteiger partial charge on any atom is -0.486 e. The van der Waals surface area contributed by atoms with Crippen LogP contribution >= 0.6 is 11.6 Å². The lowest BCUT2D eigenvalue weighted by molar-refractivity contribution is -0.385. The van der Waals surface area contributed by atoms with Crippen LogP contribution in [0.25, 0.3) is 22.3 Å². The Kier molecular flexibility index (Phi) is 6.51. The maximum absolute atomic E-state index is 11.9. The first kappa shape index (κ1) is 25.0. The maximum atomic E-state index is 11.9. The molecule has 0 radical (unpaired) electrons. The van der Waals surface area contributed by atoms with Crippen molar-refractivity contribution < 1.29 is 9.66 Å². The zero-order valence-electron chi connectivity index (χ0n) is 21.1. The van der Waals surface area contributed by atoms with Gasteiger partial charge < -0.3 is 15.4 Å². The van der Waals surface area contributed by atoms with Gasteiger partial charge in [-0.05, 0) is 75.3 Å². The van der Waals surface area contributed by atoms with Crippen LogP contribution in [0.3, 0.4) is 0 Å². The van der Waals surface area contributed by atoms with Crippen LogP contribution < -0.4 is 10.5 Å². The van der Waals surface area contributed by atoms with E-state index in [0.717, 1.165) is 44.6 Å². The standard InChI is InChI=1S/C29H25ClN6O3/c30-23-15-20(4-5-26(23)39-18-21-3-1-2-11-32-21)28-33-24-16-19(25(36(37)38)17-22(24)27(31)34-28)6-7-29-8-12-35(13-9-29)14-10-29/h1-5,11,15-17H,8-10,12-14,18H2,(H2,31,33,34). The van der Waals surface area contributed by atoms with Gasteiger partial charge >= 0.3 is 0 Å². The van der Waals surface area contributed by atoms with E-state index in [1.54, 1.807) is 30.5 Å². The number of anilines is 1. The van der Waals surface area contributed by atoms with E-state index in [1.165, 1.54) is 6.07 Å². The number of aromatic nitrogens is 3. The van der Waals surface area contributed by atoms with Crippen molar-refractivity contribution in [1.82, 2.24) is 19.9 Å². The lowest BCUT2D eigenvalue weighted by atomic mass is 9.72. The molecule has 7 rings (SSSR count). The second kappa shape index (κ2) is 10.1. The summed E-state index contributed by atoms with van der Waals surface area (Å²) >= 11 is 6.50. The van der Waals surface area contributed by atoms with E-state index in [1.807, 2.05) is 18.2 Å².